The van der Waals surface area contributed by atoms with Crippen molar-refractivity contribution in [2.45, 2.75) is 38.6 Å². The number of aryl methyl sites for hydroxylation is 1. The number of hydrogen-bond donors (Lipinski definition) is 1. The number of nitrogens with one attached hydrogen (secondary N) is 1. The predicted molar refractivity (Wildman–Crippen MR) is 133 cm³/mol. The van der Waals surface area contributed by atoms with Crippen molar-refractivity contribution in [3.63, 3.8) is 0 Å². The van der Waals surface area contributed by atoms with Crippen LogP contribution in [0, 0.1) is 6.92 Å². The Kier molecular flexibility index (Phi) is 7.23. The van der Waals surface area contributed by atoms with Crippen molar-refractivity contribution in [3.05, 3.63) is 69.3 Å². The minimum Gasteiger partial charge on any atom is -0.353 e. The maximum absolute atomic E-state index is 13.3. The molecule has 1 heterocycles. The quantitative estimate of drug-likeness (QED) is 0.538. The Morgan fingerprint density at radius 2 is 1.88 bits per heavy atom. The molecule has 0 bridgehead atoms. The van der Waals surface area contributed by atoms with E-state index in [1.807, 2.05) is 31.2 Å². The Hall–Kier alpha value is -2.28. The Morgan fingerprint density at radius 1 is 1.16 bits per heavy atom. The molecule has 2 aromatic carbocycles. The van der Waals surface area contributed by atoms with E-state index < -0.39 is 0 Å². The lowest BCUT2D eigenvalue weighted by Gasteiger charge is -2.18. The molecule has 0 atom stereocenters. The normalized spacial score (nSPS) is 17.8. The van der Waals surface area contributed by atoms with Crippen LogP contribution in [0.3, 0.4) is 0 Å². The lowest BCUT2D eigenvalue weighted by Crippen LogP contribution is -2.35. The number of halogens is 2. The van der Waals surface area contributed by atoms with Gasteiger partial charge in [0.25, 0.3) is 5.91 Å². The van der Waals surface area contributed by atoms with Crippen LogP contribution in [-0.2, 0) is 9.59 Å². The summed E-state index contributed by atoms with van der Waals surface area (Å²) in [6, 6.07) is 13.1. The average Bonchev–Trinajstić information content (AvgIpc) is 3.38. The van der Waals surface area contributed by atoms with Gasteiger partial charge in [0.05, 0.1) is 21.5 Å². The number of nitrogens with zero attached hydrogens (tertiary/aromatic N) is 2. The fraction of sp³-hybridized carbons (Fsp3) is 0.292. The molecule has 166 valence electrons. The maximum atomic E-state index is 13.3. The second-order valence-electron chi connectivity index (χ2n) is 7.91. The molecular formula is C24H23Cl2N3O2S. The third kappa shape index (κ3) is 5.37. The number of carbonyl (C=O) groups is 2. The second-order valence-corrected chi connectivity index (χ2v) is 9.67. The summed E-state index contributed by atoms with van der Waals surface area (Å²) in [5, 5.41) is 4.41. The Bertz CT molecular complexity index is 1090. The first kappa shape index (κ1) is 22.9. The number of anilines is 1. The molecule has 1 aliphatic heterocycles. The summed E-state index contributed by atoms with van der Waals surface area (Å²) in [5.74, 6) is -0.0909. The number of amidine groups is 1. The summed E-state index contributed by atoms with van der Waals surface area (Å²) in [6.45, 7) is 1.99. The van der Waals surface area contributed by atoms with Gasteiger partial charge in [0.2, 0.25) is 5.91 Å². The summed E-state index contributed by atoms with van der Waals surface area (Å²) in [5.41, 5.74) is 2.80. The molecule has 0 saturated heterocycles. The van der Waals surface area contributed by atoms with Crippen LogP contribution in [0.15, 0.2) is 53.2 Å². The van der Waals surface area contributed by atoms with Gasteiger partial charge in [-0.1, -0.05) is 71.6 Å². The molecule has 0 unspecified atom stereocenters. The summed E-state index contributed by atoms with van der Waals surface area (Å²) >= 11 is 13.4. The minimum absolute atomic E-state index is 0.0391. The standard InChI is InChI=1S/C24H23Cl2N3O2S/c1-15-6-9-18(10-7-15)29-23(31)21(13-16-8-11-19(25)20(26)12-16)28-24(29)32-14-22(30)27-17-4-2-3-5-17/h6-13,17H,2-5,14H2,1H3,(H,27,30)/b21-13-. The average molecular weight is 488 g/mol. The van der Waals surface area contributed by atoms with Crippen LogP contribution in [0.25, 0.3) is 6.08 Å². The van der Waals surface area contributed by atoms with Crippen LogP contribution in [0.5, 0.6) is 0 Å². The number of carbonyl (C=O) groups excluding carboxylic acids is 2. The van der Waals surface area contributed by atoms with Crippen LogP contribution in [0.2, 0.25) is 10.0 Å². The van der Waals surface area contributed by atoms with Crippen LogP contribution >= 0.6 is 35.0 Å². The van der Waals surface area contributed by atoms with E-state index in [0.717, 1.165) is 36.8 Å². The molecule has 32 heavy (non-hydrogen) atoms. The van der Waals surface area contributed by atoms with E-state index in [-0.39, 0.29) is 29.3 Å². The highest BCUT2D eigenvalue weighted by Crippen LogP contribution is 2.31. The van der Waals surface area contributed by atoms with Crippen molar-refractivity contribution in [2.24, 2.45) is 4.99 Å². The van der Waals surface area contributed by atoms with Crippen molar-refractivity contribution < 1.29 is 9.59 Å². The molecule has 2 amide bonds. The van der Waals surface area contributed by atoms with Gasteiger partial charge in [0.1, 0.15) is 5.70 Å². The number of benzene rings is 2. The molecular weight excluding hydrogens is 465 g/mol. The molecule has 8 heteroatoms. The van der Waals surface area contributed by atoms with Gasteiger partial charge in [-0.05, 0) is 55.7 Å². The summed E-state index contributed by atoms with van der Waals surface area (Å²) in [6.07, 6.45) is 6.05. The highest BCUT2D eigenvalue weighted by molar-refractivity contribution is 8.14. The van der Waals surface area contributed by atoms with Gasteiger partial charge in [-0.2, -0.15) is 0 Å². The van der Waals surface area contributed by atoms with E-state index in [9.17, 15) is 9.59 Å². The van der Waals surface area contributed by atoms with Crippen molar-refractivity contribution in [1.82, 2.24) is 5.32 Å². The molecule has 2 aliphatic rings. The Labute approximate surface area is 201 Å². The van der Waals surface area contributed by atoms with Gasteiger partial charge in [0, 0.05) is 6.04 Å². The number of aliphatic imine (C=N–C) groups is 1. The first-order valence-corrected chi connectivity index (χ1v) is 12.2. The summed E-state index contributed by atoms with van der Waals surface area (Å²) < 4.78 is 0. The maximum Gasteiger partial charge on any atom is 0.283 e. The highest BCUT2D eigenvalue weighted by Gasteiger charge is 2.32. The molecule has 1 fully saturated rings. The zero-order chi connectivity index (χ0) is 22.7. The van der Waals surface area contributed by atoms with Crippen molar-refractivity contribution in [2.75, 3.05) is 10.7 Å². The molecule has 1 saturated carbocycles. The Morgan fingerprint density at radius 3 is 2.56 bits per heavy atom. The molecule has 0 radical (unpaired) electrons. The van der Waals surface area contributed by atoms with Gasteiger partial charge < -0.3 is 5.32 Å². The fourth-order valence-electron chi connectivity index (χ4n) is 3.74. The van der Waals surface area contributed by atoms with E-state index >= 15 is 0 Å². The van der Waals surface area contributed by atoms with Crippen molar-refractivity contribution in [1.29, 1.82) is 0 Å². The SMILES string of the molecule is Cc1ccc(N2C(=O)/C(=C/c3ccc(Cl)c(Cl)c3)N=C2SCC(=O)NC2CCCC2)cc1. The summed E-state index contributed by atoms with van der Waals surface area (Å²) in [4.78, 5) is 31.8. The molecule has 5 nitrogen and oxygen atoms in total. The van der Waals surface area contributed by atoms with E-state index in [2.05, 4.69) is 10.3 Å². The topological polar surface area (TPSA) is 61.8 Å². The van der Waals surface area contributed by atoms with Crippen molar-refractivity contribution in [3.8, 4) is 0 Å². The van der Waals surface area contributed by atoms with E-state index in [1.165, 1.54) is 11.8 Å². The first-order chi connectivity index (χ1) is 15.4. The fourth-order valence-corrected chi connectivity index (χ4v) is 4.87. The number of thioether (sulfide) groups is 1. The third-order valence-corrected chi connectivity index (χ3v) is 7.10. The molecule has 4 rings (SSSR count). The van der Waals surface area contributed by atoms with Crippen LogP contribution < -0.4 is 10.2 Å². The third-order valence-electron chi connectivity index (χ3n) is 5.42. The van der Waals surface area contributed by atoms with E-state index in [1.54, 1.807) is 29.2 Å². The van der Waals surface area contributed by atoms with E-state index in [4.69, 9.17) is 23.2 Å². The largest absolute Gasteiger partial charge is 0.353 e. The predicted octanol–water partition coefficient (Wildman–Crippen LogP) is 5.84. The molecule has 0 aromatic heterocycles. The minimum atomic E-state index is -0.251. The number of amides is 2. The van der Waals surface area contributed by atoms with Crippen LogP contribution in [0.4, 0.5) is 5.69 Å². The van der Waals surface area contributed by atoms with Crippen LogP contribution in [0.1, 0.15) is 36.8 Å². The second kappa shape index (κ2) is 10.1. The van der Waals surface area contributed by atoms with E-state index in [0.29, 0.717) is 20.9 Å². The monoisotopic (exact) mass is 487 g/mol. The highest BCUT2D eigenvalue weighted by atomic mass is 35.5. The number of hydrogen-bond acceptors (Lipinski definition) is 4. The molecule has 2 aromatic rings. The Balaban J connectivity index is 1.57. The van der Waals surface area contributed by atoms with Gasteiger partial charge in [-0.25, -0.2) is 4.99 Å². The van der Waals surface area contributed by atoms with Gasteiger partial charge >= 0.3 is 0 Å². The van der Waals surface area contributed by atoms with Crippen molar-refractivity contribution >= 4 is 63.7 Å². The number of rotatable bonds is 5. The smallest absolute Gasteiger partial charge is 0.283 e. The van der Waals surface area contributed by atoms with Gasteiger partial charge in [0.15, 0.2) is 5.17 Å². The zero-order valence-electron chi connectivity index (χ0n) is 17.6. The first-order valence-electron chi connectivity index (χ1n) is 10.5. The molecule has 1 N–H and O–H groups in total. The zero-order valence-corrected chi connectivity index (χ0v) is 19.9. The van der Waals surface area contributed by atoms with Gasteiger partial charge in [-0.3, -0.25) is 14.5 Å². The molecule has 0 spiro atoms. The molecule has 1 aliphatic carbocycles. The van der Waals surface area contributed by atoms with Gasteiger partial charge in [-0.15, -0.1) is 0 Å². The lowest BCUT2D eigenvalue weighted by atomic mass is 10.2. The van der Waals surface area contributed by atoms with Crippen LogP contribution in [-0.4, -0.2) is 28.8 Å². The lowest BCUT2D eigenvalue weighted by molar-refractivity contribution is -0.119. The summed E-state index contributed by atoms with van der Waals surface area (Å²) in [7, 11) is 0.